The lowest BCUT2D eigenvalue weighted by atomic mass is 9.68. The Labute approximate surface area is 584 Å². The average molecular weight is 1470 g/mol. The van der Waals surface area contributed by atoms with E-state index in [-0.39, 0.29) is 78.8 Å². The number of fused-ring (bicyclic) bond motifs is 9. The monoisotopic (exact) mass is 1460 g/mol. The van der Waals surface area contributed by atoms with E-state index in [4.69, 9.17) is 0 Å². The fourth-order valence-electron chi connectivity index (χ4n) is 15.4. The lowest BCUT2D eigenvalue weighted by molar-refractivity contribution is -0.870. The Kier molecular flexibility index (Phi) is 29.1. The van der Waals surface area contributed by atoms with Crippen LogP contribution in [0.15, 0.2) is 121 Å². The van der Waals surface area contributed by atoms with Crippen LogP contribution in [0.1, 0.15) is 193 Å². The van der Waals surface area contributed by atoms with Crippen LogP contribution in [-0.4, -0.2) is 133 Å². The fourth-order valence-corrected chi connectivity index (χ4v) is 15.4. The van der Waals surface area contributed by atoms with E-state index < -0.39 is 0 Å². The Hall–Kier alpha value is -3.12. The molecule has 0 saturated carbocycles. The first-order valence-corrected chi connectivity index (χ1v) is 34.4. The molecule has 0 radical (unpaired) electrons. The van der Waals surface area contributed by atoms with Gasteiger partial charge in [0.15, 0.2) is 0 Å². The Morgan fingerprint density at radius 1 is 0.315 bits per heavy atom. The number of aryl methyl sites for hydroxylation is 3. The molecule has 2 aliphatic rings. The Balaban J connectivity index is 0.00000360. The van der Waals surface area contributed by atoms with Gasteiger partial charge in [-0.25, -0.2) is 0 Å². The third kappa shape index (κ3) is 19.1. The van der Waals surface area contributed by atoms with Gasteiger partial charge in [0, 0.05) is 39.2 Å². The van der Waals surface area contributed by atoms with Gasteiger partial charge in [-0.05, 0) is 187 Å². The van der Waals surface area contributed by atoms with Crippen LogP contribution in [0.5, 0.6) is 0 Å². The van der Waals surface area contributed by atoms with Crippen LogP contribution in [0.4, 0.5) is 0 Å². The predicted molar refractivity (Wildman–Crippen MR) is 369 cm³/mol. The van der Waals surface area contributed by atoms with Crippen molar-refractivity contribution in [1.82, 2.24) is 4.57 Å². The molecular weight excluding hydrogens is 1350 g/mol. The van der Waals surface area contributed by atoms with Gasteiger partial charge in [0.05, 0.1) is 111 Å². The molecule has 6 aromatic carbocycles. The molecule has 89 heavy (non-hydrogen) atoms. The molecule has 0 bridgehead atoms. The van der Waals surface area contributed by atoms with Gasteiger partial charge in [0.25, 0.3) is 0 Å². The number of unbranched alkanes of at least 4 members (excludes halogenated alkanes) is 15. The van der Waals surface area contributed by atoms with Crippen molar-refractivity contribution < 1.29 is 85.9 Å². The topological polar surface area (TPSA) is 4.93 Å². The molecule has 490 valence electrons. The highest BCUT2D eigenvalue weighted by molar-refractivity contribution is 6.09. The lowest BCUT2D eigenvalue weighted by Crippen LogP contribution is -3.00. The normalized spacial score (nSPS) is 16.1. The molecule has 0 amide bonds. The molecule has 2 atom stereocenters. The van der Waals surface area contributed by atoms with Gasteiger partial charge in [0.1, 0.15) is 0 Å². The second-order valence-corrected chi connectivity index (χ2v) is 31.1. The summed E-state index contributed by atoms with van der Waals surface area (Å²) in [7, 11) is 28.1. The first-order chi connectivity index (χ1) is 40.6. The van der Waals surface area contributed by atoms with Crippen LogP contribution in [0.25, 0.3) is 44.1 Å². The molecule has 0 N–H and O–H groups in total. The number of benzene rings is 6. The maximum absolute atomic E-state index is 2.74. The van der Waals surface area contributed by atoms with E-state index in [1.54, 1.807) is 11.1 Å². The Morgan fingerprint density at radius 2 is 0.652 bits per heavy atom. The maximum atomic E-state index is 2.74. The van der Waals surface area contributed by atoms with Crippen molar-refractivity contribution in [3.8, 4) is 22.3 Å². The summed E-state index contributed by atoms with van der Waals surface area (Å²) in [6.07, 6.45) is 29.9. The first-order valence-electron chi connectivity index (χ1n) is 34.4. The third-order valence-electron chi connectivity index (χ3n) is 19.9. The first kappa shape index (κ1) is 76.6. The smallest absolute Gasteiger partial charge is 0.0780 e. The van der Waals surface area contributed by atoms with Crippen molar-refractivity contribution in [2.75, 3.05) is 111 Å². The molecule has 0 fully saturated rings. The van der Waals surface area contributed by atoms with Crippen molar-refractivity contribution in [2.45, 2.75) is 178 Å². The molecule has 7 aromatic rings. The summed E-state index contributed by atoms with van der Waals surface area (Å²) >= 11 is 0. The van der Waals surface area contributed by atoms with E-state index in [0.717, 1.165) is 50.2 Å². The highest BCUT2D eigenvalue weighted by atomic mass is 79.9. The average Bonchev–Trinajstić information content (AvgIpc) is 1.60. The summed E-state index contributed by atoms with van der Waals surface area (Å²) < 4.78 is 6.91. The van der Waals surface area contributed by atoms with Crippen molar-refractivity contribution in [2.24, 2.45) is 0 Å². The van der Waals surface area contributed by atoms with Crippen molar-refractivity contribution in [3.05, 3.63) is 166 Å². The molecule has 9 heteroatoms. The van der Waals surface area contributed by atoms with Gasteiger partial charge in [-0.3, -0.25) is 0 Å². The van der Waals surface area contributed by atoms with E-state index in [2.05, 4.69) is 217 Å². The number of aromatic nitrogens is 1. The van der Waals surface area contributed by atoms with Crippen LogP contribution in [0, 0.1) is 0 Å². The quantitative estimate of drug-likeness (QED) is 0.0300. The minimum Gasteiger partial charge on any atom is -1.00 e. The van der Waals surface area contributed by atoms with E-state index in [9.17, 15) is 0 Å². The summed E-state index contributed by atoms with van der Waals surface area (Å²) in [5.41, 5.74) is 20.2. The van der Waals surface area contributed by atoms with Crippen molar-refractivity contribution in [1.29, 1.82) is 0 Å². The zero-order valence-corrected chi connectivity index (χ0v) is 64.1. The molecule has 2 unspecified atom stereocenters. The standard InChI is InChI=1S/C80H117N5.4BrH/c1-14-15-16-33-54-81-77-50-46-65(79(52-31-19-23-36-57-84(8,9)10)73-42-29-27-40-67(73)69-48-44-63(59-75(69)79)38-25-17-21-34-55-82(2,3)4)61-71(77)72-62-66(47-51-78(72)81)80(53-32-20-24-37-58-85(11,12)13)74-43-30-28-41-68(74)70-49-45-64(60-76(70)80)39-26-18-22-35-56-83(5,6)7;;;;/h27-30,40-51,59-62H,14-26,31-39,52-58H2,1-13H3;4*1H/q+4;;;;/p-4. The van der Waals surface area contributed by atoms with Crippen LogP contribution < -0.4 is 67.9 Å². The molecular formula is C80H117Br4N5. The number of rotatable bonds is 35. The summed E-state index contributed by atoms with van der Waals surface area (Å²) in [5.74, 6) is 0. The molecule has 2 aliphatic carbocycles. The zero-order chi connectivity index (χ0) is 60.5. The molecule has 5 nitrogen and oxygen atoms in total. The number of hydrogen-bond donors (Lipinski definition) is 0. The highest BCUT2D eigenvalue weighted by Crippen LogP contribution is 2.58. The molecule has 1 heterocycles. The number of halogens is 4. The predicted octanol–water partition coefficient (Wildman–Crippen LogP) is 6.95. The molecule has 0 saturated heterocycles. The Bertz CT molecular complexity index is 3100. The summed E-state index contributed by atoms with van der Waals surface area (Å²) in [5, 5.41) is 2.87. The van der Waals surface area contributed by atoms with Crippen molar-refractivity contribution in [3.63, 3.8) is 0 Å². The largest absolute Gasteiger partial charge is 1.00 e. The van der Waals surface area contributed by atoms with E-state index in [1.807, 2.05) is 0 Å². The van der Waals surface area contributed by atoms with Crippen LogP contribution in [0.2, 0.25) is 0 Å². The lowest BCUT2D eigenvalue weighted by Gasteiger charge is -2.34. The summed E-state index contributed by atoms with van der Waals surface area (Å²) in [6, 6.07) is 50.4. The van der Waals surface area contributed by atoms with E-state index >= 15 is 0 Å². The third-order valence-corrected chi connectivity index (χ3v) is 19.9. The van der Waals surface area contributed by atoms with Gasteiger partial charge < -0.3 is 90.4 Å². The zero-order valence-electron chi connectivity index (χ0n) is 57.8. The molecule has 1 aromatic heterocycles. The SMILES string of the molecule is CCCCCCn1c2ccc(C3(CCCCCC[N+](C)(C)C)c4ccccc4-c4ccc(CCCCCC[N+](C)(C)C)cc43)cc2c2cc(C3(CCCCCC[N+](C)(C)C)c4ccccc4-c4ccc(CCCCCC[N+](C)(C)C)cc43)ccc21.[Br-].[Br-].[Br-].[Br-]. The number of hydrogen-bond acceptors (Lipinski definition) is 0. The minimum absolute atomic E-state index is 0. The van der Waals surface area contributed by atoms with Crippen molar-refractivity contribution >= 4 is 21.8 Å². The van der Waals surface area contributed by atoms with Crippen LogP contribution in [0.3, 0.4) is 0 Å². The molecule has 0 aliphatic heterocycles. The van der Waals surface area contributed by atoms with E-state index in [0.29, 0.717) is 0 Å². The molecule has 0 spiro atoms. The van der Waals surface area contributed by atoms with Gasteiger partial charge in [0.2, 0.25) is 0 Å². The van der Waals surface area contributed by atoms with Gasteiger partial charge >= 0.3 is 0 Å². The van der Waals surface area contributed by atoms with Crippen LogP contribution >= 0.6 is 0 Å². The van der Waals surface area contributed by atoms with Crippen LogP contribution in [-0.2, 0) is 30.2 Å². The fraction of sp³-hybridized carbons (Fsp3) is 0.550. The number of nitrogens with zero attached hydrogens (tertiary/aromatic N) is 5. The summed E-state index contributed by atoms with van der Waals surface area (Å²) in [6.45, 7) is 8.34. The van der Waals surface area contributed by atoms with E-state index in [1.165, 1.54) is 232 Å². The van der Waals surface area contributed by atoms with Gasteiger partial charge in [-0.15, -0.1) is 0 Å². The maximum Gasteiger partial charge on any atom is 0.0780 e. The second-order valence-electron chi connectivity index (χ2n) is 31.1. The van der Waals surface area contributed by atoms with Gasteiger partial charge in [-0.1, -0.05) is 162 Å². The Morgan fingerprint density at radius 3 is 1.02 bits per heavy atom. The number of quaternary nitrogens is 4. The molecule has 9 rings (SSSR count). The summed E-state index contributed by atoms with van der Waals surface area (Å²) in [4.78, 5) is 0. The second kappa shape index (κ2) is 33.8. The highest BCUT2D eigenvalue weighted by Gasteiger charge is 2.46. The minimum atomic E-state index is -0.243. The van der Waals surface area contributed by atoms with Gasteiger partial charge in [-0.2, -0.15) is 0 Å².